The monoisotopic (exact) mass is 482 g/mol. The molecule has 0 unspecified atom stereocenters. The van der Waals surface area contributed by atoms with E-state index in [1.165, 1.54) is 20.0 Å². The topological polar surface area (TPSA) is 55.8 Å². The van der Waals surface area contributed by atoms with Gasteiger partial charge in [-0.1, -0.05) is 53.2 Å². The van der Waals surface area contributed by atoms with Crippen molar-refractivity contribution in [3.8, 4) is 0 Å². The second-order valence-corrected chi connectivity index (χ2v) is 13.6. The molecule has 1 saturated carbocycles. The summed E-state index contributed by atoms with van der Waals surface area (Å²) in [5.74, 6) is 0.734. The maximum atomic E-state index is 12.0. The molecule has 5 rings (SSSR count). The Bertz CT molecular complexity index is 1020. The first-order valence-corrected chi connectivity index (χ1v) is 13.9. The molecule has 0 radical (unpaired) electrons. The van der Waals surface area contributed by atoms with Gasteiger partial charge in [0.15, 0.2) is 0 Å². The molecular formula is C31H46O4. The lowest BCUT2D eigenvalue weighted by atomic mass is 9.45. The van der Waals surface area contributed by atoms with Crippen LogP contribution in [0.25, 0.3) is 0 Å². The highest BCUT2D eigenvalue weighted by atomic mass is 16.5. The molecule has 4 aliphatic carbocycles. The summed E-state index contributed by atoms with van der Waals surface area (Å²) >= 11 is 0. The third-order valence-corrected chi connectivity index (χ3v) is 12.0. The number of carbonyl (C=O) groups is 1. The average Bonchev–Trinajstić information content (AvgIpc) is 3.04. The summed E-state index contributed by atoms with van der Waals surface area (Å²) in [5.41, 5.74) is 5.78. The number of rotatable bonds is 2. The number of methoxy groups -OCH3 is 1. The number of aliphatic hydroxyl groups excluding tert-OH is 1. The zero-order valence-corrected chi connectivity index (χ0v) is 23.2. The number of ether oxygens (including phenoxy) is 2. The number of allylic oxidation sites excluding steroid dienone is 3. The Balaban J connectivity index is 1.53. The fourth-order valence-corrected chi connectivity index (χ4v) is 9.39. The zero-order valence-electron chi connectivity index (χ0n) is 23.2. The minimum absolute atomic E-state index is 0.0367. The van der Waals surface area contributed by atoms with Gasteiger partial charge in [0.2, 0.25) is 0 Å². The van der Waals surface area contributed by atoms with E-state index in [1.807, 2.05) is 13.0 Å². The van der Waals surface area contributed by atoms with E-state index in [1.54, 1.807) is 16.7 Å². The molecule has 1 N–H and O–H groups in total. The summed E-state index contributed by atoms with van der Waals surface area (Å²) in [4.78, 5) is 12.0. The van der Waals surface area contributed by atoms with Crippen LogP contribution in [0.1, 0.15) is 93.4 Å². The zero-order chi connectivity index (χ0) is 25.6. The Labute approximate surface area is 212 Å². The van der Waals surface area contributed by atoms with Crippen molar-refractivity contribution >= 4 is 5.97 Å². The van der Waals surface area contributed by atoms with Gasteiger partial charge in [-0.2, -0.15) is 0 Å². The number of hydrogen-bond donors (Lipinski definition) is 1. The highest BCUT2D eigenvalue weighted by Crippen LogP contribution is 2.70. The third-order valence-electron chi connectivity index (χ3n) is 12.0. The molecule has 1 heterocycles. The lowest BCUT2D eigenvalue weighted by molar-refractivity contribution is -0.147. The number of hydrogen-bond acceptors (Lipinski definition) is 4. The van der Waals surface area contributed by atoms with E-state index in [0.29, 0.717) is 17.4 Å². The molecule has 0 aromatic heterocycles. The molecule has 1 aliphatic heterocycles. The molecule has 0 bridgehead atoms. The van der Waals surface area contributed by atoms with E-state index < -0.39 is 0 Å². The molecule has 8 atom stereocenters. The van der Waals surface area contributed by atoms with E-state index in [9.17, 15) is 9.90 Å². The van der Waals surface area contributed by atoms with Crippen molar-refractivity contribution in [1.82, 2.24) is 0 Å². The van der Waals surface area contributed by atoms with Crippen LogP contribution in [0.5, 0.6) is 0 Å². The van der Waals surface area contributed by atoms with Crippen molar-refractivity contribution in [2.45, 2.75) is 112 Å². The molecule has 1 saturated heterocycles. The first-order chi connectivity index (χ1) is 16.3. The van der Waals surface area contributed by atoms with Crippen LogP contribution in [0, 0.1) is 33.5 Å². The largest absolute Gasteiger partial charge is 0.466 e. The highest BCUT2D eigenvalue weighted by Gasteiger charge is 2.64. The summed E-state index contributed by atoms with van der Waals surface area (Å²) in [6.07, 6.45) is 11.8. The molecule has 4 nitrogen and oxygen atoms in total. The van der Waals surface area contributed by atoms with Gasteiger partial charge in [-0.25, -0.2) is 4.79 Å². The minimum Gasteiger partial charge on any atom is -0.466 e. The quantitative estimate of drug-likeness (QED) is 0.359. The van der Waals surface area contributed by atoms with Gasteiger partial charge >= 0.3 is 5.97 Å². The first-order valence-electron chi connectivity index (χ1n) is 13.9. The maximum Gasteiger partial charge on any atom is 0.333 e. The lowest BCUT2D eigenvalue weighted by Crippen LogP contribution is -2.55. The van der Waals surface area contributed by atoms with Crippen molar-refractivity contribution < 1.29 is 19.4 Å². The molecule has 0 aromatic rings. The van der Waals surface area contributed by atoms with Gasteiger partial charge in [-0.05, 0) is 91.8 Å². The van der Waals surface area contributed by atoms with Crippen LogP contribution in [0.2, 0.25) is 0 Å². The molecule has 0 spiro atoms. The van der Waals surface area contributed by atoms with Gasteiger partial charge in [0.25, 0.3) is 0 Å². The second-order valence-electron chi connectivity index (χ2n) is 13.6. The van der Waals surface area contributed by atoms with Gasteiger partial charge in [0.1, 0.15) is 0 Å². The Morgan fingerprint density at radius 1 is 1.14 bits per heavy atom. The highest BCUT2D eigenvalue weighted by molar-refractivity contribution is 5.87. The summed E-state index contributed by atoms with van der Waals surface area (Å²) in [6, 6.07) is 0. The lowest BCUT2D eigenvalue weighted by Gasteiger charge is -2.60. The van der Waals surface area contributed by atoms with Gasteiger partial charge in [-0.3, -0.25) is 0 Å². The summed E-state index contributed by atoms with van der Waals surface area (Å²) < 4.78 is 11.7. The fraction of sp³-hybridized carbons (Fsp3) is 0.774. The van der Waals surface area contributed by atoms with Gasteiger partial charge in [0, 0.05) is 16.4 Å². The van der Waals surface area contributed by atoms with Gasteiger partial charge < -0.3 is 14.6 Å². The standard InChI is InChI=1S/C31H46O4/c1-18(27(33)34-8)15-20-16-19(2)31(7)26(35-20)17-23-21-9-10-24-28(3,4)25(32)12-13-29(24,5)22(21)11-14-30(23,31)6/h15,17,19-20,24-26,32H,9-14,16H2,1-8H3/b18-15+/t19-,20+,24+,25-,26-,29-,30-,31-/m1/s1. The minimum atomic E-state index is -0.277. The molecule has 4 heteroatoms. The van der Waals surface area contributed by atoms with Crippen LogP contribution in [0.4, 0.5) is 0 Å². The van der Waals surface area contributed by atoms with Crippen LogP contribution in [0.3, 0.4) is 0 Å². The number of esters is 1. The summed E-state index contributed by atoms with van der Waals surface area (Å²) in [5, 5.41) is 10.8. The van der Waals surface area contributed by atoms with Crippen molar-refractivity contribution in [1.29, 1.82) is 0 Å². The summed E-state index contributed by atoms with van der Waals surface area (Å²) in [6.45, 7) is 16.3. The molecule has 0 amide bonds. The van der Waals surface area contributed by atoms with Crippen molar-refractivity contribution in [2.24, 2.45) is 33.5 Å². The first kappa shape index (κ1) is 25.3. The average molecular weight is 483 g/mol. The second kappa shape index (κ2) is 8.05. The predicted octanol–water partition coefficient (Wildman–Crippen LogP) is 6.54. The molecule has 0 aromatic carbocycles. The number of carbonyl (C=O) groups excluding carboxylic acids is 1. The fourth-order valence-electron chi connectivity index (χ4n) is 9.39. The summed E-state index contributed by atoms with van der Waals surface area (Å²) in [7, 11) is 1.43. The SMILES string of the molecule is COC(=O)/C(C)=C/[C@H]1C[C@@H](C)[C@]2(C)[C@@H](C=C3C4=C(CC[C@]32C)[C@@]2(C)CC[C@@H](O)C(C)(C)[C@@H]2CC4)O1. The Hall–Kier alpha value is -1.39. The molecule has 194 valence electrons. The van der Waals surface area contributed by atoms with E-state index in [-0.39, 0.29) is 45.9 Å². The molecular weight excluding hydrogens is 436 g/mol. The molecule has 35 heavy (non-hydrogen) atoms. The predicted molar refractivity (Wildman–Crippen MR) is 139 cm³/mol. The number of aliphatic hydroxyl groups is 1. The van der Waals surface area contributed by atoms with E-state index in [0.717, 1.165) is 32.1 Å². The van der Waals surface area contributed by atoms with Crippen LogP contribution in [-0.4, -0.2) is 36.5 Å². The molecule has 2 fully saturated rings. The Morgan fingerprint density at radius 3 is 2.54 bits per heavy atom. The van der Waals surface area contributed by atoms with Crippen molar-refractivity contribution in [2.75, 3.05) is 7.11 Å². The van der Waals surface area contributed by atoms with E-state index >= 15 is 0 Å². The van der Waals surface area contributed by atoms with Crippen LogP contribution in [0.15, 0.2) is 34.4 Å². The van der Waals surface area contributed by atoms with Crippen LogP contribution in [-0.2, 0) is 14.3 Å². The smallest absolute Gasteiger partial charge is 0.333 e. The van der Waals surface area contributed by atoms with Crippen molar-refractivity contribution in [3.05, 3.63) is 34.4 Å². The number of fused-ring (bicyclic) bond motifs is 6. The third kappa shape index (κ3) is 3.27. The van der Waals surface area contributed by atoms with Crippen LogP contribution >= 0.6 is 0 Å². The van der Waals surface area contributed by atoms with Crippen molar-refractivity contribution in [3.63, 3.8) is 0 Å². The Kier molecular flexibility index (Phi) is 5.81. The molecule has 5 aliphatic rings. The van der Waals surface area contributed by atoms with Gasteiger partial charge in [-0.15, -0.1) is 0 Å². The maximum absolute atomic E-state index is 12.0. The Morgan fingerprint density at radius 2 is 1.86 bits per heavy atom. The van der Waals surface area contributed by atoms with Crippen LogP contribution < -0.4 is 0 Å². The van der Waals surface area contributed by atoms with E-state index in [2.05, 4.69) is 47.6 Å². The normalized spacial score (nSPS) is 46.7. The van der Waals surface area contributed by atoms with Gasteiger partial charge in [0.05, 0.1) is 25.4 Å². The van der Waals surface area contributed by atoms with E-state index in [4.69, 9.17) is 9.47 Å².